The topological polar surface area (TPSA) is 40.7 Å². The molecule has 1 aliphatic carbocycles. The van der Waals surface area contributed by atoms with Crippen molar-refractivity contribution < 1.29 is 0 Å². The zero-order chi connectivity index (χ0) is 11.1. The Labute approximate surface area is 92.7 Å². The first-order valence-electron chi connectivity index (χ1n) is 6.13. The summed E-state index contributed by atoms with van der Waals surface area (Å²) in [6.45, 7) is 6.03. The number of hydrogen-bond donors (Lipinski definition) is 2. The molecule has 0 aromatic carbocycles. The van der Waals surface area contributed by atoms with Gasteiger partial charge in [0.1, 0.15) is 5.82 Å². The summed E-state index contributed by atoms with van der Waals surface area (Å²) in [6, 6.07) is 2.71. The van der Waals surface area contributed by atoms with E-state index in [4.69, 9.17) is 0 Å². The third kappa shape index (κ3) is 3.94. The van der Waals surface area contributed by atoms with Crippen molar-refractivity contribution in [2.75, 3.05) is 5.32 Å². The van der Waals surface area contributed by atoms with Crippen molar-refractivity contribution in [1.82, 2.24) is 10.2 Å². The number of nitrogens with one attached hydrogen (secondary N) is 2. The Hall–Kier alpha value is -0.990. The van der Waals surface area contributed by atoms with Crippen molar-refractivity contribution in [2.24, 2.45) is 0 Å². The predicted molar refractivity (Wildman–Crippen MR) is 65.2 cm³/mol. The van der Waals surface area contributed by atoms with Crippen LogP contribution in [0.25, 0.3) is 0 Å². The fourth-order valence-electron chi connectivity index (χ4n) is 1.95. The van der Waals surface area contributed by atoms with Gasteiger partial charge in [0.25, 0.3) is 0 Å². The highest BCUT2D eigenvalue weighted by atomic mass is 15.2. The molecule has 3 nitrogen and oxygen atoms in total. The van der Waals surface area contributed by atoms with E-state index in [1.165, 1.54) is 32.1 Å². The predicted octanol–water partition coefficient (Wildman–Crippen LogP) is 3.49. The number of aryl methyl sites for hydroxylation is 1. The molecule has 0 aliphatic heterocycles. The van der Waals surface area contributed by atoms with Crippen LogP contribution in [-0.4, -0.2) is 16.2 Å². The van der Waals surface area contributed by atoms with Crippen LogP contribution in [-0.2, 0) is 0 Å². The summed E-state index contributed by atoms with van der Waals surface area (Å²) < 4.78 is 0. The molecule has 2 rings (SSSR count). The van der Waals surface area contributed by atoms with E-state index < -0.39 is 0 Å². The van der Waals surface area contributed by atoms with Crippen LogP contribution in [0.4, 0.5) is 5.82 Å². The van der Waals surface area contributed by atoms with E-state index in [0.717, 1.165) is 11.5 Å². The van der Waals surface area contributed by atoms with Crippen molar-refractivity contribution in [3.8, 4) is 0 Å². The molecule has 1 aromatic rings. The van der Waals surface area contributed by atoms with Gasteiger partial charge in [0.05, 0.1) is 0 Å². The van der Waals surface area contributed by atoms with E-state index >= 15 is 0 Å². The van der Waals surface area contributed by atoms with E-state index in [9.17, 15) is 0 Å². The zero-order valence-corrected chi connectivity index (χ0v) is 10.1. The normalized spacial score (nSPS) is 16.7. The van der Waals surface area contributed by atoms with Crippen LogP contribution in [0.15, 0.2) is 6.07 Å². The van der Waals surface area contributed by atoms with Crippen molar-refractivity contribution in [3.05, 3.63) is 11.8 Å². The van der Waals surface area contributed by atoms with Crippen LogP contribution >= 0.6 is 0 Å². The van der Waals surface area contributed by atoms with Gasteiger partial charge < -0.3 is 5.32 Å². The highest BCUT2D eigenvalue weighted by molar-refractivity contribution is 5.36. The van der Waals surface area contributed by atoms with Crippen LogP contribution in [0, 0.1) is 6.92 Å². The first-order valence-corrected chi connectivity index (χ1v) is 6.13. The quantitative estimate of drug-likeness (QED) is 0.782. The molecule has 2 N–H and O–H groups in total. The van der Waals surface area contributed by atoms with E-state index in [-0.39, 0.29) is 0 Å². The molecule has 1 aliphatic rings. The van der Waals surface area contributed by atoms with Gasteiger partial charge in [-0.05, 0) is 19.8 Å². The number of anilines is 1. The van der Waals surface area contributed by atoms with Gasteiger partial charge in [-0.25, -0.2) is 0 Å². The molecule has 0 spiro atoms. The van der Waals surface area contributed by atoms with E-state index in [0.29, 0.717) is 6.04 Å². The molecular weight excluding hydrogens is 186 g/mol. The van der Waals surface area contributed by atoms with Crippen LogP contribution in [0.3, 0.4) is 0 Å². The summed E-state index contributed by atoms with van der Waals surface area (Å²) in [5, 5.41) is 10.6. The van der Waals surface area contributed by atoms with Gasteiger partial charge in [-0.3, -0.25) is 5.10 Å². The third-order valence-corrected chi connectivity index (χ3v) is 2.66. The maximum absolute atomic E-state index is 4.17. The van der Waals surface area contributed by atoms with E-state index in [2.05, 4.69) is 21.6 Å². The minimum atomic E-state index is 0.649. The number of hydrogen-bond acceptors (Lipinski definition) is 2. The van der Waals surface area contributed by atoms with Crippen LogP contribution in [0.5, 0.6) is 0 Å². The molecular formula is C12H23N3. The molecule has 1 aromatic heterocycles. The van der Waals surface area contributed by atoms with Gasteiger partial charge in [-0.1, -0.05) is 33.1 Å². The molecule has 0 atom stereocenters. The Morgan fingerprint density at radius 1 is 1.27 bits per heavy atom. The maximum Gasteiger partial charge on any atom is 0.148 e. The molecule has 0 amide bonds. The van der Waals surface area contributed by atoms with Gasteiger partial charge >= 0.3 is 0 Å². The number of aromatic amines is 1. The summed E-state index contributed by atoms with van der Waals surface area (Å²) in [7, 11) is 0. The average Bonchev–Trinajstić information content (AvgIpc) is 2.68. The lowest BCUT2D eigenvalue weighted by atomic mass is 9.95. The Balaban J connectivity index is 0.000000531. The van der Waals surface area contributed by atoms with Gasteiger partial charge in [0, 0.05) is 17.8 Å². The monoisotopic (exact) mass is 209 g/mol. The van der Waals surface area contributed by atoms with Crippen LogP contribution in [0.2, 0.25) is 0 Å². The first kappa shape index (κ1) is 12.1. The molecule has 0 saturated heterocycles. The lowest BCUT2D eigenvalue weighted by molar-refractivity contribution is 0.462. The minimum Gasteiger partial charge on any atom is -0.366 e. The second-order valence-corrected chi connectivity index (χ2v) is 3.92. The summed E-state index contributed by atoms with van der Waals surface area (Å²) in [5.74, 6) is 1.00. The summed E-state index contributed by atoms with van der Waals surface area (Å²) >= 11 is 0. The van der Waals surface area contributed by atoms with Crippen molar-refractivity contribution >= 4 is 5.82 Å². The Morgan fingerprint density at radius 3 is 2.47 bits per heavy atom. The summed E-state index contributed by atoms with van der Waals surface area (Å²) in [6.07, 6.45) is 6.72. The van der Waals surface area contributed by atoms with Crippen LogP contribution in [0.1, 0.15) is 51.6 Å². The number of aromatic nitrogens is 2. The standard InChI is InChI=1S/C10H17N3.C2H6/c1-8-7-10(13-12-8)11-9-5-3-2-4-6-9;1-2/h7,9H,2-6H2,1H3,(H2,11,12,13);1-2H3. The highest BCUT2D eigenvalue weighted by Crippen LogP contribution is 2.20. The molecule has 0 bridgehead atoms. The Morgan fingerprint density at radius 2 is 1.93 bits per heavy atom. The second kappa shape index (κ2) is 6.49. The van der Waals surface area contributed by atoms with Gasteiger partial charge in [0.15, 0.2) is 0 Å². The molecule has 1 fully saturated rings. The fourth-order valence-corrected chi connectivity index (χ4v) is 1.95. The zero-order valence-electron chi connectivity index (χ0n) is 10.1. The van der Waals surface area contributed by atoms with E-state index in [1.54, 1.807) is 0 Å². The molecule has 0 radical (unpaired) electrons. The number of rotatable bonds is 2. The SMILES string of the molecule is CC.Cc1cc(NC2CCCCC2)n[nH]1. The first-order chi connectivity index (χ1) is 7.34. The average molecular weight is 209 g/mol. The Kier molecular flexibility index (Phi) is 5.22. The highest BCUT2D eigenvalue weighted by Gasteiger charge is 2.13. The fraction of sp³-hybridized carbons (Fsp3) is 0.750. The second-order valence-electron chi connectivity index (χ2n) is 3.92. The van der Waals surface area contributed by atoms with Gasteiger partial charge in [0.2, 0.25) is 0 Å². The van der Waals surface area contributed by atoms with Crippen LogP contribution < -0.4 is 5.32 Å². The van der Waals surface area contributed by atoms with Gasteiger partial charge in [-0.15, -0.1) is 0 Å². The number of nitrogens with zero attached hydrogens (tertiary/aromatic N) is 1. The van der Waals surface area contributed by atoms with Crippen molar-refractivity contribution in [3.63, 3.8) is 0 Å². The smallest absolute Gasteiger partial charge is 0.148 e. The molecule has 1 heterocycles. The molecule has 15 heavy (non-hydrogen) atoms. The Bertz CT molecular complexity index is 262. The maximum atomic E-state index is 4.17. The minimum absolute atomic E-state index is 0.649. The lowest BCUT2D eigenvalue weighted by Gasteiger charge is -2.22. The largest absolute Gasteiger partial charge is 0.366 e. The summed E-state index contributed by atoms with van der Waals surface area (Å²) in [5.41, 5.74) is 1.12. The lowest BCUT2D eigenvalue weighted by Crippen LogP contribution is -2.22. The third-order valence-electron chi connectivity index (χ3n) is 2.66. The molecule has 86 valence electrons. The number of H-pyrrole nitrogens is 1. The van der Waals surface area contributed by atoms with Crippen molar-refractivity contribution in [2.45, 2.75) is 58.9 Å². The molecule has 3 heteroatoms. The van der Waals surface area contributed by atoms with Crippen molar-refractivity contribution in [1.29, 1.82) is 0 Å². The van der Waals surface area contributed by atoms with E-state index in [1.807, 2.05) is 20.8 Å². The van der Waals surface area contributed by atoms with Gasteiger partial charge in [-0.2, -0.15) is 5.10 Å². The molecule has 1 saturated carbocycles. The summed E-state index contributed by atoms with van der Waals surface area (Å²) in [4.78, 5) is 0. The molecule has 0 unspecified atom stereocenters.